The van der Waals surface area contributed by atoms with Gasteiger partial charge in [0.1, 0.15) is 5.75 Å². The molecule has 1 aliphatic heterocycles. The molecule has 0 aromatic heterocycles. The van der Waals surface area contributed by atoms with Gasteiger partial charge in [0.2, 0.25) is 5.91 Å². The number of aryl methyl sites for hydroxylation is 2. The van der Waals surface area contributed by atoms with Crippen LogP contribution in [0.25, 0.3) is 0 Å². The van der Waals surface area contributed by atoms with E-state index in [0.29, 0.717) is 48.5 Å². The number of piperazine rings is 1. The van der Waals surface area contributed by atoms with Crippen molar-refractivity contribution in [3.8, 4) is 5.75 Å². The normalized spacial score (nSPS) is 15.5. The van der Waals surface area contributed by atoms with Crippen molar-refractivity contribution in [3.05, 3.63) is 57.6 Å². The molecule has 1 fully saturated rings. The SMILES string of the molecule is Cc1cccc(C)c1NC(=O)CN1CCN(C(=O)C(C)Oc2ccc(Cl)cc2Cl)CC1. The van der Waals surface area contributed by atoms with Crippen LogP contribution in [0.5, 0.6) is 5.75 Å². The quantitative estimate of drug-likeness (QED) is 0.698. The lowest BCUT2D eigenvalue weighted by Crippen LogP contribution is -2.53. The number of nitrogens with zero attached hydrogens (tertiary/aromatic N) is 2. The summed E-state index contributed by atoms with van der Waals surface area (Å²) in [6.45, 7) is 8.29. The number of nitrogens with one attached hydrogen (secondary N) is 1. The second kappa shape index (κ2) is 10.4. The van der Waals surface area contributed by atoms with Gasteiger partial charge < -0.3 is 15.0 Å². The van der Waals surface area contributed by atoms with Gasteiger partial charge in [-0.2, -0.15) is 0 Å². The number of para-hydroxylation sites is 1. The van der Waals surface area contributed by atoms with E-state index in [9.17, 15) is 9.59 Å². The molecule has 0 spiro atoms. The summed E-state index contributed by atoms with van der Waals surface area (Å²) in [5.74, 6) is 0.269. The van der Waals surface area contributed by atoms with Gasteiger partial charge in [-0.15, -0.1) is 0 Å². The molecule has 1 aliphatic rings. The third-order valence-corrected chi connectivity index (χ3v) is 5.87. The predicted molar refractivity (Wildman–Crippen MR) is 124 cm³/mol. The molecule has 1 N–H and O–H groups in total. The number of rotatable bonds is 6. The predicted octanol–water partition coefficient (Wildman–Crippen LogP) is 4.16. The maximum Gasteiger partial charge on any atom is 0.263 e. The molecule has 8 heteroatoms. The van der Waals surface area contributed by atoms with Gasteiger partial charge in [0, 0.05) is 36.9 Å². The number of hydrogen-bond acceptors (Lipinski definition) is 4. The number of hydrogen-bond donors (Lipinski definition) is 1. The van der Waals surface area contributed by atoms with E-state index in [-0.39, 0.29) is 11.8 Å². The lowest BCUT2D eigenvalue weighted by molar-refractivity contribution is -0.139. The van der Waals surface area contributed by atoms with Gasteiger partial charge in [0.05, 0.1) is 11.6 Å². The van der Waals surface area contributed by atoms with Crippen molar-refractivity contribution in [1.29, 1.82) is 0 Å². The Labute approximate surface area is 193 Å². The second-order valence-electron chi connectivity index (χ2n) is 7.75. The van der Waals surface area contributed by atoms with E-state index in [0.717, 1.165) is 16.8 Å². The smallest absolute Gasteiger partial charge is 0.263 e. The number of halogens is 2. The van der Waals surface area contributed by atoms with Crippen LogP contribution in [0.1, 0.15) is 18.1 Å². The van der Waals surface area contributed by atoms with Gasteiger partial charge in [-0.1, -0.05) is 41.4 Å². The molecule has 31 heavy (non-hydrogen) atoms. The Hall–Kier alpha value is -2.28. The van der Waals surface area contributed by atoms with Crippen LogP contribution in [-0.2, 0) is 9.59 Å². The van der Waals surface area contributed by atoms with Gasteiger partial charge in [-0.3, -0.25) is 14.5 Å². The molecular formula is C23H27Cl2N3O3. The van der Waals surface area contributed by atoms with Crippen molar-refractivity contribution >= 4 is 40.7 Å². The van der Waals surface area contributed by atoms with E-state index in [1.807, 2.05) is 36.9 Å². The van der Waals surface area contributed by atoms with E-state index in [1.54, 1.807) is 30.0 Å². The van der Waals surface area contributed by atoms with Crippen molar-refractivity contribution in [1.82, 2.24) is 9.80 Å². The highest BCUT2D eigenvalue weighted by atomic mass is 35.5. The van der Waals surface area contributed by atoms with Crippen LogP contribution in [-0.4, -0.2) is 60.4 Å². The number of carbonyl (C=O) groups is 2. The highest BCUT2D eigenvalue weighted by Crippen LogP contribution is 2.28. The summed E-state index contributed by atoms with van der Waals surface area (Å²) in [6, 6.07) is 10.8. The molecule has 0 radical (unpaired) electrons. The molecule has 2 amide bonds. The van der Waals surface area contributed by atoms with Crippen LogP contribution in [0.15, 0.2) is 36.4 Å². The summed E-state index contributed by atoms with van der Waals surface area (Å²) in [7, 11) is 0. The van der Waals surface area contributed by atoms with Crippen LogP contribution in [0.3, 0.4) is 0 Å². The standard InChI is InChI=1S/C23H27Cl2N3O3/c1-15-5-4-6-16(2)22(15)26-21(29)14-27-9-11-28(12-10-27)23(30)17(3)31-20-8-7-18(24)13-19(20)25/h4-8,13,17H,9-12,14H2,1-3H3,(H,26,29). The van der Waals surface area contributed by atoms with Crippen molar-refractivity contribution in [2.24, 2.45) is 0 Å². The van der Waals surface area contributed by atoms with E-state index in [2.05, 4.69) is 5.32 Å². The number of ether oxygens (including phenoxy) is 1. The summed E-state index contributed by atoms with van der Waals surface area (Å²) in [4.78, 5) is 29.1. The number of benzene rings is 2. The van der Waals surface area contributed by atoms with Gasteiger partial charge in [-0.25, -0.2) is 0 Å². The molecule has 0 aliphatic carbocycles. The molecule has 0 saturated carbocycles. The highest BCUT2D eigenvalue weighted by molar-refractivity contribution is 6.35. The third-order valence-electron chi connectivity index (χ3n) is 5.34. The van der Waals surface area contributed by atoms with Crippen LogP contribution >= 0.6 is 23.2 Å². The fraction of sp³-hybridized carbons (Fsp3) is 0.391. The first-order chi connectivity index (χ1) is 14.7. The number of amides is 2. The topological polar surface area (TPSA) is 61.9 Å². The van der Waals surface area contributed by atoms with Crippen LogP contribution in [0.4, 0.5) is 5.69 Å². The summed E-state index contributed by atoms with van der Waals surface area (Å²) >= 11 is 12.0. The molecule has 1 heterocycles. The van der Waals surface area contributed by atoms with Crippen LogP contribution in [0, 0.1) is 13.8 Å². The summed E-state index contributed by atoms with van der Waals surface area (Å²) in [6.07, 6.45) is -0.669. The summed E-state index contributed by atoms with van der Waals surface area (Å²) in [5, 5.41) is 3.89. The Morgan fingerprint density at radius 1 is 1.06 bits per heavy atom. The molecular weight excluding hydrogens is 437 g/mol. The van der Waals surface area contributed by atoms with E-state index < -0.39 is 6.10 Å². The lowest BCUT2D eigenvalue weighted by atomic mass is 10.1. The molecule has 2 aromatic rings. The van der Waals surface area contributed by atoms with Crippen molar-refractivity contribution in [2.45, 2.75) is 26.9 Å². The molecule has 3 rings (SSSR count). The maximum atomic E-state index is 12.8. The van der Waals surface area contributed by atoms with Crippen molar-refractivity contribution in [3.63, 3.8) is 0 Å². The van der Waals surface area contributed by atoms with Crippen LogP contribution in [0.2, 0.25) is 10.0 Å². The first-order valence-corrected chi connectivity index (χ1v) is 11.0. The minimum atomic E-state index is -0.669. The Morgan fingerprint density at radius 3 is 2.32 bits per heavy atom. The number of carbonyl (C=O) groups excluding carboxylic acids is 2. The first kappa shape index (κ1) is 23.4. The number of anilines is 1. The molecule has 0 bridgehead atoms. The Morgan fingerprint density at radius 2 is 1.71 bits per heavy atom. The van der Waals surface area contributed by atoms with Crippen LogP contribution < -0.4 is 10.1 Å². The van der Waals surface area contributed by atoms with Crippen molar-refractivity contribution < 1.29 is 14.3 Å². The molecule has 1 unspecified atom stereocenters. The molecule has 2 aromatic carbocycles. The molecule has 6 nitrogen and oxygen atoms in total. The Kier molecular flexibility index (Phi) is 7.81. The highest BCUT2D eigenvalue weighted by Gasteiger charge is 2.27. The van der Waals surface area contributed by atoms with Gasteiger partial charge in [-0.05, 0) is 50.1 Å². The molecule has 166 valence electrons. The first-order valence-electron chi connectivity index (χ1n) is 10.2. The minimum Gasteiger partial charge on any atom is -0.479 e. The average Bonchev–Trinajstić information content (AvgIpc) is 2.73. The van der Waals surface area contributed by atoms with Gasteiger partial charge in [0.25, 0.3) is 5.91 Å². The van der Waals surface area contributed by atoms with Gasteiger partial charge >= 0.3 is 0 Å². The third kappa shape index (κ3) is 6.12. The summed E-state index contributed by atoms with van der Waals surface area (Å²) < 4.78 is 5.74. The zero-order valence-electron chi connectivity index (χ0n) is 18.0. The summed E-state index contributed by atoms with van der Waals surface area (Å²) in [5.41, 5.74) is 2.95. The average molecular weight is 464 g/mol. The lowest BCUT2D eigenvalue weighted by Gasteiger charge is -2.35. The second-order valence-corrected chi connectivity index (χ2v) is 8.59. The largest absolute Gasteiger partial charge is 0.479 e. The van der Waals surface area contributed by atoms with Gasteiger partial charge in [0.15, 0.2) is 6.10 Å². The zero-order valence-corrected chi connectivity index (χ0v) is 19.5. The fourth-order valence-electron chi connectivity index (χ4n) is 3.59. The van der Waals surface area contributed by atoms with E-state index in [1.165, 1.54) is 0 Å². The van der Waals surface area contributed by atoms with E-state index >= 15 is 0 Å². The maximum absolute atomic E-state index is 12.8. The minimum absolute atomic E-state index is 0.0498. The molecule has 1 saturated heterocycles. The Bertz CT molecular complexity index is 939. The molecule has 1 atom stereocenters. The zero-order chi connectivity index (χ0) is 22.5. The van der Waals surface area contributed by atoms with Crippen molar-refractivity contribution in [2.75, 3.05) is 38.0 Å². The van der Waals surface area contributed by atoms with E-state index in [4.69, 9.17) is 27.9 Å². The fourth-order valence-corrected chi connectivity index (χ4v) is 4.04. The Balaban J connectivity index is 1.48. The monoisotopic (exact) mass is 463 g/mol.